The van der Waals surface area contributed by atoms with Gasteiger partial charge in [-0.15, -0.1) is 0 Å². The zero-order chi connectivity index (χ0) is 13.8. The number of piperidine rings is 1. The second kappa shape index (κ2) is 6.06. The van der Waals surface area contributed by atoms with Gasteiger partial charge in [0, 0.05) is 25.3 Å². The SMILES string of the molecule is CCNc1cc(C)ccc1C(=O)N1CCC(O)CC1. The number of aryl methyl sites for hydroxylation is 1. The maximum atomic E-state index is 12.5. The number of nitrogens with zero attached hydrogens (tertiary/aromatic N) is 1. The minimum atomic E-state index is -0.254. The van der Waals surface area contributed by atoms with E-state index in [0.29, 0.717) is 25.9 Å². The summed E-state index contributed by atoms with van der Waals surface area (Å²) in [4.78, 5) is 14.3. The van der Waals surface area contributed by atoms with Crippen LogP contribution >= 0.6 is 0 Å². The lowest BCUT2D eigenvalue weighted by molar-refractivity contribution is 0.0547. The molecule has 4 heteroatoms. The Bertz CT molecular complexity index is 451. The molecule has 1 aliphatic rings. The zero-order valence-corrected chi connectivity index (χ0v) is 11.6. The standard InChI is InChI=1S/C15H22N2O2/c1-3-16-14-10-11(2)4-5-13(14)15(19)17-8-6-12(18)7-9-17/h4-5,10,12,16,18H,3,6-9H2,1-2H3. The number of likely N-dealkylation sites (tertiary alicyclic amines) is 1. The molecule has 2 rings (SSSR count). The maximum Gasteiger partial charge on any atom is 0.255 e. The van der Waals surface area contributed by atoms with Crippen molar-refractivity contribution in [2.45, 2.75) is 32.8 Å². The molecule has 1 aromatic carbocycles. The summed E-state index contributed by atoms with van der Waals surface area (Å²) in [6.07, 6.45) is 1.10. The Balaban J connectivity index is 2.18. The highest BCUT2D eigenvalue weighted by Crippen LogP contribution is 2.21. The van der Waals surface area contributed by atoms with E-state index in [9.17, 15) is 9.90 Å². The van der Waals surface area contributed by atoms with E-state index in [-0.39, 0.29) is 12.0 Å². The number of nitrogens with one attached hydrogen (secondary N) is 1. The van der Waals surface area contributed by atoms with Gasteiger partial charge in [0.2, 0.25) is 0 Å². The van der Waals surface area contributed by atoms with Crippen LogP contribution < -0.4 is 5.32 Å². The number of hydrogen-bond acceptors (Lipinski definition) is 3. The van der Waals surface area contributed by atoms with Gasteiger partial charge in [0.25, 0.3) is 5.91 Å². The Morgan fingerprint density at radius 2 is 2.11 bits per heavy atom. The highest BCUT2D eigenvalue weighted by Gasteiger charge is 2.23. The van der Waals surface area contributed by atoms with Gasteiger partial charge in [-0.1, -0.05) is 6.07 Å². The molecule has 104 valence electrons. The fourth-order valence-corrected chi connectivity index (χ4v) is 2.42. The van der Waals surface area contributed by atoms with Crippen LogP contribution in [0.1, 0.15) is 35.7 Å². The second-order valence-corrected chi connectivity index (χ2v) is 5.10. The summed E-state index contributed by atoms with van der Waals surface area (Å²) in [5.41, 5.74) is 2.77. The number of anilines is 1. The van der Waals surface area contributed by atoms with Crippen molar-refractivity contribution in [2.24, 2.45) is 0 Å². The summed E-state index contributed by atoms with van der Waals surface area (Å²) >= 11 is 0. The molecule has 0 radical (unpaired) electrons. The molecular weight excluding hydrogens is 240 g/mol. The first-order valence-electron chi connectivity index (χ1n) is 6.93. The molecule has 0 bridgehead atoms. The number of benzene rings is 1. The third kappa shape index (κ3) is 3.26. The number of rotatable bonds is 3. The number of carbonyl (C=O) groups excluding carboxylic acids is 1. The monoisotopic (exact) mass is 262 g/mol. The summed E-state index contributed by atoms with van der Waals surface area (Å²) < 4.78 is 0. The van der Waals surface area contributed by atoms with Crippen molar-refractivity contribution in [2.75, 3.05) is 25.0 Å². The molecule has 0 unspecified atom stereocenters. The van der Waals surface area contributed by atoms with Crippen molar-refractivity contribution in [1.82, 2.24) is 4.90 Å². The molecule has 0 aliphatic carbocycles. The molecule has 1 saturated heterocycles. The van der Waals surface area contributed by atoms with Gasteiger partial charge in [0.05, 0.1) is 11.7 Å². The fraction of sp³-hybridized carbons (Fsp3) is 0.533. The largest absolute Gasteiger partial charge is 0.393 e. The van der Waals surface area contributed by atoms with Crippen molar-refractivity contribution < 1.29 is 9.90 Å². The molecule has 1 aliphatic heterocycles. The Labute approximate surface area is 114 Å². The van der Waals surface area contributed by atoms with Crippen LogP contribution in [0.4, 0.5) is 5.69 Å². The fourth-order valence-electron chi connectivity index (χ4n) is 2.42. The molecule has 19 heavy (non-hydrogen) atoms. The van der Waals surface area contributed by atoms with Gasteiger partial charge >= 0.3 is 0 Å². The lowest BCUT2D eigenvalue weighted by atomic mass is 10.0. The van der Waals surface area contributed by atoms with E-state index in [1.807, 2.05) is 36.9 Å². The van der Waals surface area contributed by atoms with Crippen molar-refractivity contribution >= 4 is 11.6 Å². The van der Waals surface area contributed by atoms with Crippen LogP contribution in [0.5, 0.6) is 0 Å². The highest BCUT2D eigenvalue weighted by atomic mass is 16.3. The molecule has 0 atom stereocenters. The summed E-state index contributed by atoms with van der Waals surface area (Å²) in [6.45, 7) is 6.11. The van der Waals surface area contributed by atoms with E-state index in [1.54, 1.807) is 0 Å². The third-order valence-electron chi connectivity index (χ3n) is 3.52. The van der Waals surface area contributed by atoms with Gasteiger partial charge in [0.1, 0.15) is 0 Å². The van der Waals surface area contributed by atoms with Crippen LogP contribution in [-0.2, 0) is 0 Å². The minimum absolute atomic E-state index is 0.0582. The third-order valence-corrected chi connectivity index (χ3v) is 3.52. The molecule has 2 N–H and O–H groups in total. The highest BCUT2D eigenvalue weighted by molar-refractivity contribution is 5.99. The predicted molar refractivity (Wildman–Crippen MR) is 76.5 cm³/mol. The Kier molecular flexibility index (Phi) is 4.43. The van der Waals surface area contributed by atoms with Gasteiger partial charge in [-0.2, -0.15) is 0 Å². The van der Waals surface area contributed by atoms with E-state index in [4.69, 9.17) is 0 Å². The van der Waals surface area contributed by atoms with E-state index in [0.717, 1.165) is 23.4 Å². The lowest BCUT2D eigenvalue weighted by Crippen LogP contribution is -2.40. The average Bonchev–Trinajstić information content (AvgIpc) is 2.39. The molecule has 1 heterocycles. The maximum absolute atomic E-state index is 12.5. The van der Waals surface area contributed by atoms with Crippen LogP contribution in [0.3, 0.4) is 0 Å². The van der Waals surface area contributed by atoms with Gasteiger partial charge in [-0.05, 0) is 44.4 Å². The molecule has 1 fully saturated rings. The molecular formula is C15H22N2O2. The van der Waals surface area contributed by atoms with Crippen molar-refractivity contribution in [3.8, 4) is 0 Å². The van der Waals surface area contributed by atoms with Crippen molar-refractivity contribution in [3.05, 3.63) is 29.3 Å². The Morgan fingerprint density at radius 3 is 2.74 bits per heavy atom. The Hall–Kier alpha value is -1.55. The Morgan fingerprint density at radius 1 is 1.42 bits per heavy atom. The quantitative estimate of drug-likeness (QED) is 0.876. The molecule has 0 aromatic heterocycles. The van der Waals surface area contributed by atoms with Crippen molar-refractivity contribution in [1.29, 1.82) is 0 Å². The molecule has 1 amide bonds. The van der Waals surface area contributed by atoms with Crippen LogP contribution in [0.25, 0.3) is 0 Å². The summed E-state index contributed by atoms with van der Waals surface area (Å²) in [5.74, 6) is 0.0582. The first kappa shape index (κ1) is 13.9. The van der Waals surface area contributed by atoms with Crippen LogP contribution in [-0.4, -0.2) is 41.7 Å². The van der Waals surface area contributed by atoms with E-state index in [2.05, 4.69) is 5.32 Å². The van der Waals surface area contributed by atoms with E-state index in [1.165, 1.54) is 0 Å². The number of carbonyl (C=O) groups is 1. The normalized spacial score (nSPS) is 16.5. The number of hydrogen-bond donors (Lipinski definition) is 2. The van der Waals surface area contributed by atoms with Gasteiger partial charge < -0.3 is 15.3 Å². The minimum Gasteiger partial charge on any atom is -0.393 e. The van der Waals surface area contributed by atoms with Crippen LogP contribution in [0, 0.1) is 6.92 Å². The van der Waals surface area contributed by atoms with Crippen molar-refractivity contribution in [3.63, 3.8) is 0 Å². The molecule has 4 nitrogen and oxygen atoms in total. The summed E-state index contributed by atoms with van der Waals surface area (Å²) in [7, 11) is 0. The predicted octanol–water partition coefficient (Wildman–Crippen LogP) is 2.02. The first-order valence-corrected chi connectivity index (χ1v) is 6.93. The number of aliphatic hydroxyl groups is 1. The number of aliphatic hydroxyl groups excluding tert-OH is 1. The first-order chi connectivity index (χ1) is 9.11. The van der Waals surface area contributed by atoms with Crippen LogP contribution in [0.2, 0.25) is 0 Å². The average molecular weight is 262 g/mol. The molecule has 0 spiro atoms. The zero-order valence-electron chi connectivity index (χ0n) is 11.6. The smallest absolute Gasteiger partial charge is 0.255 e. The van der Waals surface area contributed by atoms with Gasteiger partial charge in [0.15, 0.2) is 0 Å². The summed E-state index contributed by atoms with van der Waals surface area (Å²) in [6, 6.07) is 5.86. The molecule has 0 saturated carbocycles. The second-order valence-electron chi connectivity index (χ2n) is 5.10. The van der Waals surface area contributed by atoms with E-state index >= 15 is 0 Å². The number of amides is 1. The van der Waals surface area contributed by atoms with Crippen LogP contribution in [0.15, 0.2) is 18.2 Å². The lowest BCUT2D eigenvalue weighted by Gasteiger charge is -2.30. The summed E-state index contributed by atoms with van der Waals surface area (Å²) in [5, 5.41) is 12.8. The molecule has 1 aromatic rings. The topological polar surface area (TPSA) is 52.6 Å². The van der Waals surface area contributed by atoms with Gasteiger partial charge in [-0.25, -0.2) is 0 Å². The van der Waals surface area contributed by atoms with Gasteiger partial charge in [-0.3, -0.25) is 4.79 Å². The van der Waals surface area contributed by atoms with E-state index < -0.39 is 0 Å².